The molecule has 3 aromatic rings. The van der Waals surface area contributed by atoms with Gasteiger partial charge in [0, 0.05) is 38.3 Å². The first-order valence-corrected chi connectivity index (χ1v) is 13.2. The molecule has 0 bridgehead atoms. The van der Waals surface area contributed by atoms with Crippen molar-refractivity contribution >= 4 is 45.1 Å². The Labute approximate surface area is 223 Å². The highest BCUT2D eigenvalue weighted by Crippen LogP contribution is 2.33. The summed E-state index contributed by atoms with van der Waals surface area (Å²) >= 11 is 1.35. The summed E-state index contributed by atoms with van der Waals surface area (Å²) in [6.45, 7) is 2.11. The van der Waals surface area contributed by atoms with Gasteiger partial charge in [0.25, 0.3) is 5.19 Å². The molecular formula is C26H29N5O6S. The largest absolute Gasteiger partial charge is 0.465 e. The smallest absolute Gasteiger partial charge is 0.410 e. The monoisotopic (exact) mass is 539 g/mol. The van der Waals surface area contributed by atoms with E-state index in [1.807, 2.05) is 54.6 Å². The number of piperazine rings is 1. The highest BCUT2D eigenvalue weighted by molar-refractivity contribution is 7.20. The van der Waals surface area contributed by atoms with E-state index in [1.165, 1.54) is 23.3 Å². The normalized spacial score (nSPS) is 21.7. The van der Waals surface area contributed by atoms with Crippen LogP contribution in [0.15, 0.2) is 54.6 Å². The summed E-state index contributed by atoms with van der Waals surface area (Å²) in [6.07, 6.45) is -1.29. The summed E-state index contributed by atoms with van der Waals surface area (Å²) in [5.41, 5.74) is 3.52. The van der Waals surface area contributed by atoms with Crippen LogP contribution in [-0.2, 0) is 14.3 Å². The number of piperidine rings is 1. The fourth-order valence-electron chi connectivity index (χ4n) is 5.12. The zero-order valence-corrected chi connectivity index (χ0v) is 21.7. The van der Waals surface area contributed by atoms with E-state index >= 15 is 0 Å². The molecule has 2 N–H and O–H groups in total. The van der Waals surface area contributed by atoms with Gasteiger partial charge in [-0.3, -0.25) is 19.7 Å². The van der Waals surface area contributed by atoms with Crippen molar-refractivity contribution in [2.75, 3.05) is 44.7 Å². The average Bonchev–Trinajstić information content (AvgIpc) is 3.38. The molecule has 11 nitrogen and oxygen atoms in total. The maximum atomic E-state index is 13.8. The van der Waals surface area contributed by atoms with Crippen LogP contribution in [0.3, 0.4) is 0 Å². The molecule has 2 aliphatic heterocycles. The fraction of sp³-hybridized carbons (Fsp3) is 0.385. The van der Waals surface area contributed by atoms with Crippen LogP contribution in [0, 0.1) is 5.92 Å². The van der Waals surface area contributed by atoms with Crippen LogP contribution in [-0.4, -0.2) is 89.9 Å². The van der Waals surface area contributed by atoms with E-state index in [0.717, 1.165) is 15.9 Å². The Balaban J connectivity index is 1.35. The number of methoxy groups -OCH3 is 1. The van der Waals surface area contributed by atoms with Gasteiger partial charge in [-0.15, -0.1) is 0 Å². The summed E-state index contributed by atoms with van der Waals surface area (Å²) in [7, 11) is 1.22. The molecule has 5 rings (SSSR count). The summed E-state index contributed by atoms with van der Waals surface area (Å²) in [6, 6.07) is 16.4. The molecule has 1 aromatic heterocycles. The Hall–Kier alpha value is -3.90. The van der Waals surface area contributed by atoms with Crippen LogP contribution in [0.2, 0.25) is 0 Å². The molecular weight excluding hydrogens is 510 g/mol. The second kappa shape index (κ2) is 11.2. The van der Waals surface area contributed by atoms with Gasteiger partial charge in [0.2, 0.25) is 11.8 Å². The number of para-hydroxylation sites is 2. The number of thiazole rings is 1. The highest BCUT2D eigenvalue weighted by Gasteiger charge is 2.49. The molecule has 3 atom stereocenters. The van der Waals surface area contributed by atoms with Gasteiger partial charge in [-0.1, -0.05) is 41.7 Å². The molecule has 0 aliphatic carbocycles. The van der Waals surface area contributed by atoms with E-state index in [0.29, 0.717) is 31.4 Å². The lowest BCUT2D eigenvalue weighted by molar-refractivity contribution is -0.151. The zero-order chi connectivity index (χ0) is 26.6. The van der Waals surface area contributed by atoms with E-state index in [9.17, 15) is 19.6 Å². The Morgan fingerprint density at radius 1 is 1.03 bits per heavy atom. The van der Waals surface area contributed by atoms with Gasteiger partial charge >= 0.3 is 6.09 Å². The number of amides is 3. The Bertz CT molecular complexity index is 1240. The number of rotatable bonds is 5. The van der Waals surface area contributed by atoms with E-state index in [2.05, 4.69) is 9.88 Å². The number of aromatic nitrogens is 1. The van der Waals surface area contributed by atoms with Crippen molar-refractivity contribution in [2.24, 2.45) is 5.92 Å². The molecule has 2 saturated heterocycles. The Kier molecular flexibility index (Phi) is 7.61. The predicted molar refractivity (Wildman–Crippen MR) is 140 cm³/mol. The molecule has 2 aliphatic rings. The number of hydroxylamine groups is 1. The number of likely N-dealkylation sites (tertiary alicyclic amines) is 1. The van der Waals surface area contributed by atoms with Crippen molar-refractivity contribution in [1.82, 2.24) is 20.3 Å². The molecule has 0 saturated carbocycles. The third kappa shape index (κ3) is 5.22. The number of carbonyl (C=O) groups excluding carboxylic acids is 3. The number of carbonyl (C=O) groups is 3. The van der Waals surface area contributed by atoms with Crippen molar-refractivity contribution in [1.29, 1.82) is 0 Å². The van der Waals surface area contributed by atoms with Crippen molar-refractivity contribution in [3.63, 3.8) is 0 Å². The lowest BCUT2D eigenvalue weighted by atomic mass is 9.86. The Morgan fingerprint density at radius 3 is 2.42 bits per heavy atom. The van der Waals surface area contributed by atoms with Crippen LogP contribution in [0.1, 0.15) is 6.42 Å². The molecule has 2 fully saturated rings. The fourth-order valence-corrected chi connectivity index (χ4v) is 6.00. The first kappa shape index (κ1) is 25.7. The number of hydrogen-bond acceptors (Lipinski definition) is 9. The lowest BCUT2D eigenvalue weighted by Gasteiger charge is -2.44. The quantitative estimate of drug-likeness (QED) is 0.374. The zero-order valence-electron chi connectivity index (χ0n) is 20.9. The van der Waals surface area contributed by atoms with Gasteiger partial charge in [-0.05, 0) is 24.3 Å². The molecule has 0 radical (unpaired) electrons. The first-order chi connectivity index (χ1) is 18.5. The molecule has 3 heterocycles. The summed E-state index contributed by atoms with van der Waals surface area (Å²) in [5.74, 6) is -2.18. The summed E-state index contributed by atoms with van der Waals surface area (Å²) < 4.78 is 12.0. The Morgan fingerprint density at radius 2 is 1.74 bits per heavy atom. The van der Waals surface area contributed by atoms with Crippen molar-refractivity contribution < 1.29 is 29.1 Å². The minimum atomic E-state index is -1.15. The standard InChI is InChI=1S/C26H29N5O6S/c1-36-26(34)31-16-18(37-25-27-20-9-5-6-10-21(20)38-25)15-19(23(32)28-35)22(31)24(33)30-13-11-29(12-14-30)17-7-3-2-4-8-17/h2-10,18-19,22,35H,11-16H2,1H3,(H,28,32)/t18-,19-,22-/m0/s1. The average molecular weight is 540 g/mol. The molecule has 12 heteroatoms. The van der Waals surface area contributed by atoms with E-state index in [1.54, 1.807) is 10.4 Å². The summed E-state index contributed by atoms with van der Waals surface area (Å²) in [4.78, 5) is 49.0. The second-order valence-electron chi connectivity index (χ2n) is 9.22. The van der Waals surface area contributed by atoms with Gasteiger partial charge < -0.3 is 19.3 Å². The maximum Gasteiger partial charge on any atom is 0.410 e. The number of nitrogens with one attached hydrogen (secondary N) is 1. The number of benzene rings is 2. The van der Waals surface area contributed by atoms with Crippen LogP contribution in [0.4, 0.5) is 10.5 Å². The second-order valence-corrected chi connectivity index (χ2v) is 10.2. The van der Waals surface area contributed by atoms with E-state index < -0.39 is 30.1 Å². The predicted octanol–water partition coefficient (Wildman–Crippen LogP) is 2.35. The van der Waals surface area contributed by atoms with Crippen LogP contribution < -0.4 is 15.1 Å². The highest BCUT2D eigenvalue weighted by atomic mass is 32.1. The van der Waals surface area contributed by atoms with Gasteiger partial charge in [-0.25, -0.2) is 15.3 Å². The van der Waals surface area contributed by atoms with Gasteiger partial charge in [0.1, 0.15) is 12.1 Å². The number of anilines is 1. The number of ether oxygens (including phenoxy) is 2. The SMILES string of the molecule is COC(=O)N1C[C@@H](Oc2nc3ccccc3s2)C[C@H](C(=O)NO)[C@H]1C(=O)N1CCN(c2ccccc2)CC1. The number of hydrogen-bond donors (Lipinski definition) is 2. The van der Waals surface area contributed by atoms with Crippen LogP contribution >= 0.6 is 11.3 Å². The topological polar surface area (TPSA) is 125 Å². The molecule has 200 valence electrons. The molecule has 3 amide bonds. The minimum Gasteiger partial charge on any atom is -0.465 e. The third-order valence-electron chi connectivity index (χ3n) is 7.00. The van der Waals surface area contributed by atoms with Gasteiger partial charge in [0.15, 0.2) is 0 Å². The minimum absolute atomic E-state index is 0.0260. The summed E-state index contributed by atoms with van der Waals surface area (Å²) in [5, 5.41) is 9.89. The van der Waals surface area contributed by atoms with Gasteiger partial charge in [-0.2, -0.15) is 0 Å². The van der Waals surface area contributed by atoms with Gasteiger partial charge in [0.05, 0.1) is 29.8 Å². The molecule has 38 heavy (non-hydrogen) atoms. The molecule has 2 aromatic carbocycles. The molecule has 0 spiro atoms. The van der Waals surface area contributed by atoms with Crippen molar-refractivity contribution in [2.45, 2.75) is 18.6 Å². The van der Waals surface area contributed by atoms with Crippen molar-refractivity contribution in [3.8, 4) is 5.19 Å². The van der Waals surface area contributed by atoms with E-state index in [4.69, 9.17) is 9.47 Å². The lowest BCUT2D eigenvalue weighted by Crippen LogP contribution is -2.64. The third-order valence-corrected chi connectivity index (χ3v) is 7.92. The van der Waals surface area contributed by atoms with Crippen LogP contribution in [0.5, 0.6) is 5.19 Å². The van der Waals surface area contributed by atoms with E-state index in [-0.39, 0.29) is 18.9 Å². The first-order valence-electron chi connectivity index (χ1n) is 12.4. The van der Waals surface area contributed by atoms with Crippen molar-refractivity contribution in [3.05, 3.63) is 54.6 Å². The molecule has 0 unspecified atom stereocenters. The number of nitrogens with zero attached hydrogens (tertiary/aromatic N) is 4. The number of fused-ring (bicyclic) bond motifs is 1. The van der Waals surface area contributed by atoms with Crippen LogP contribution in [0.25, 0.3) is 10.2 Å². The maximum absolute atomic E-state index is 13.8.